The molecule has 0 fully saturated rings. The Morgan fingerprint density at radius 2 is 1.80 bits per heavy atom. The molecule has 0 N–H and O–H groups in total. The molecule has 0 aliphatic rings. The molecule has 20 heavy (non-hydrogen) atoms. The average Bonchev–Trinajstić information content (AvgIpc) is 2.49. The highest BCUT2D eigenvalue weighted by Gasteiger charge is 2.04. The van der Waals surface area contributed by atoms with Crippen LogP contribution in [-0.4, -0.2) is 5.75 Å². The van der Waals surface area contributed by atoms with Gasteiger partial charge in [0.15, 0.2) is 0 Å². The summed E-state index contributed by atoms with van der Waals surface area (Å²) >= 11 is 2.03. The Labute approximate surface area is 130 Å². The summed E-state index contributed by atoms with van der Waals surface area (Å²) in [4.78, 5) is 1.45. The third-order valence-corrected chi connectivity index (χ3v) is 5.43. The van der Waals surface area contributed by atoms with E-state index in [4.69, 9.17) is 0 Å². The van der Waals surface area contributed by atoms with Crippen molar-refractivity contribution < 1.29 is 0 Å². The summed E-state index contributed by atoms with van der Waals surface area (Å²) < 4.78 is 0. The van der Waals surface area contributed by atoms with Gasteiger partial charge in [-0.25, -0.2) is 0 Å². The summed E-state index contributed by atoms with van der Waals surface area (Å²) in [5.41, 5.74) is 1.49. The second kappa shape index (κ2) is 10.3. The van der Waals surface area contributed by atoms with E-state index < -0.39 is 0 Å². The lowest BCUT2D eigenvalue weighted by atomic mass is 9.99. The zero-order valence-electron chi connectivity index (χ0n) is 13.8. The highest BCUT2D eigenvalue weighted by atomic mass is 32.2. The molecule has 0 amide bonds. The molecule has 114 valence electrons. The number of thioether (sulfide) groups is 1. The van der Waals surface area contributed by atoms with Crippen LogP contribution in [0.4, 0.5) is 0 Å². The Balaban J connectivity index is 2.22. The quantitative estimate of drug-likeness (QED) is 0.334. The molecule has 0 heterocycles. The highest BCUT2D eigenvalue weighted by molar-refractivity contribution is 7.99. The van der Waals surface area contributed by atoms with Gasteiger partial charge >= 0.3 is 0 Å². The topological polar surface area (TPSA) is 0 Å². The van der Waals surface area contributed by atoms with Crippen LogP contribution in [0.25, 0.3) is 0 Å². The summed E-state index contributed by atoms with van der Waals surface area (Å²) in [6, 6.07) is 9.13. The van der Waals surface area contributed by atoms with Gasteiger partial charge in [-0.15, -0.1) is 11.8 Å². The number of hydrogen-bond donors (Lipinski definition) is 0. The summed E-state index contributed by atoms with van der Waals surface area (Å²) in [7, 11) is 0. The highest BCUT2D eigenvalue weighted by Crippen LogP contribution is 2.26. The van der Waals surface area contributed by atoms with Crippen LogP contribution >= 0.6 is 11.8 Å². The third kappa shape index (κ3) is 6.83. The molecule has 0 nitrogen and oxygen atoms in total. The Kier molecular flexibility index (Phi) is 9.09. The summed E-state index contributed by atoms with van der Waals surface area (Å²) in [5.74, 6) is 2.87. The molecular formula is C19H32S. The second-order valence-electron chi connectivity index (χ2n) is 6.09. The fourth-order valence-electron chi connectivity index (χ4n) is 2.31. The largest absolute Gasteiger partial charge is 0.126 e. The van der Waals surface area contributed by atoms with Crippen molar-refractivity contribution in [1.82, 2.24) is 0 Å². The van der Waals surface area contributed by atoms with Gasteiger partial charge in [-0.3, -0.25) is 0 Å². The fourth-order valence-corrected chi connectivity index (χ4v) is 3.29. The van der Waals surface area contributed by atoms with Crippen LogP contribution in [0, 0.1) is 5.92 Å². The smallest absolute Gasteiger partial charge is 0.00747 e. The Hall–Kier alpha value is -0.430. The molecule has 0 aliphatic heterocycles. The van der Waals surface area contributed by atoms with Crippen LogP contribution in [0.5, 0.6) is 0 Å². The van der Waals surface area contributed by atoms with E-state index >= 15 is 0 Å². The third-order valence-electron chi connectivity index (χ3n) is 4.35. The number of benzene rings is 1. The molecule has 1 aromatic carbocycles. The Morgan fingerprint density at radius 1 is 1.00 bits per heavy atom. The van der Waals surface area contributed by atoms with Crippen LogP contribution in [0.2, 0.25) is 0 Å². The van der Waals surface area contributed by atoms with Crippen molar-refractivity contribution in [3.05, 3.63) is 29.8 Å². The lowest BCUT2D eigenvalue weighted by molar-refractivity contribution is 0.483. The molecule has 0 saturated heterocycles. The standard InChI is InChI=1S/C19H32S/c1-5-16(3)11-8-7-9-14-20-19-13-10-12-18(15-19)17(4)6-2/h10,12-13,15-17H,5-9,11,14H2,1-4H3. The normalized spacial score (nSPS) is 14.2. The number of unbranched alkanes of at least 4 members (excludes halogenated alkanes) is 2. The minimum absolute atomic E-state index is 0.686. The van der Waals surface area contributed by atoms with Gasteiger partial charge < -0.3 is 0 Å². The van der Waals surface area contributed by atoms with Crippen molar-refractivity contribution in [3.8, 4) is 0 Å². The maximum absolute atomic E-state index is 2.39. The van der Waals surface area contributed by atoms with Crippen LogP contribution in [0.1, 0.15) is 77.7 Å². The minimum atomic E-state index is 0.686. The van der Waals surface area contributed by atoms with E-state index in [1.807, 2.05) is 11.8 Å². The average molecular weight is 293 g/mol. The van der Waals surface area contributed by atoms with Crippen molar-refractivity contribution in [3.63, 3.8) is 0 Å². The van der Waals surface area contributed by atoms with E-state index in [9.17, 15) is 0 Å². The molecule has 0 aromatic heterocycles. The molecule has 0 saturated carbocycles. The lowest BCUT2D eigenvalue weighted by Crippen LogP contribution is -1.92. The van der Waals surface area contributed by atoms with E-state index in [2.05, 4.69) is 52.0 Å². The van der Waals surface area contributed by atoms with E-state index in [0.29, 0.717) is 5.92 Å². The molecule has 1 aromatic rings. The van der Waals surface area contributed by atoms with Crippen LogP contribution in [0.3, 0.4) is 0 Å². The predicted octanol–water partition coefficient (Wildman–Crippen LogP) is 6.90. The first-order valence-electron chi connectivity index (χ1n) is 8.40. The Morgan fingerprint density at radius 3 is 2.50 bits per heavy atom. The van der Waals surface area contributed by atoms with Crippen LogP contribution < -0.4 is 0 Å². The van der Waals surface area contributed by atoms with Crippen molar-refractivity contribution >= 4 is 11.8 Å². The molecule has 0 aliphatic carbocycles. The SMILES string of the molecule is CCC(C)CCCCCSc1cccc(C(C)CC)c1. The first kappa shape index (κ1) is 17.6. The van der Waals surface area contributed by atoms with E-state index in [-0.39, 0.29) is 0 Å². The van der Waals surface area contributed by atoms with Gasteiger partial charge in [0.1, 0.15) is 0 Å². The van der Waals surface area contributed by atoms with Crippen LogP contribution in [-0.2, 0) is 0 Å². The summed E-state index contributed by atoms with van der Waals surface area (Å²) in [5, 5.41) is 0. The predicted molar refractivity (Wildman–Crippen MR) is 93.8 cm³/mol. The van der Waals surface area contributed by atoms with Crippen molar-refractivity contribution in [2.45, 2.75) is 77.0 Å². The maximum Gasteiger partial charge on any atom is 0.00747 e. The fraction of sp³-hybridized carbons (Fsp3) is 0.684. The van der Waals surface area contributed by atoms with E-state index in [1.54, 1.807) is 0 Å². The first-order valence-corrected chi connectivity index (χ1v) is 9.38. The number of rotatable bonds is 10. The van der Waals surface area contributed by atoms with Gasteiger partial charge in [-0.2, -0.15) is 0 Å². The number of hydrogen-bond acceptors (Lipinski definition) is 1. The van der Waals surface area contributed by atoms with E-state index in [0.717, 1.165) is 5.92 Å². The monoisotopic (exact) mass is 292 g/mol. The van der Waals surface area contributed by atoms with Gasteiger partial charge in [0, 0.05) is 4.90 Å². The summed E-state index contributed by atoms with van der Waals surface area (Å²) in [6.45, 7) is 9.25. The zero-order chi connectivity index (χ0) is 14.8. The van der Waals surface area contributed by atoms with Gasteiger partial charge in [-0.1, -0.05) is 65.5 Å². The van der Waals surface area contributed by atoms with Gasteiger partial charge in [0.2, 0.25) is 0 Å². The van der Waals surface area contributed by atoms with Crippen molar-refractivity contribution in [1.29, 1.82) is 0 Å². The molecule has 0 bridgehead atoms. The molecule has 2 atom stereocenters. The van der Waals surface area contributed by atoms with Crippen molar-refractivity contribution in [2.75, 3.05) is 5.75 Å². The van der Waals surface area contributed by atoms with Gasteiger partial charge in [0.05, 0.1) is 0 Å². The Bertz CT molecular complexity index is 359. The molecule has 1 rings (SSSR count). The molecular weight excluding hydrogens is 260 g/mol. The van der Waals surface area contributed by atoms with Gasteiger partial charge in [-0.05, 0) is 48.1 Å². The van der Waals surface area contributed by atoms with Gasteiger partial charge in [0.25, 0.3) is 0 Å². The van der Waals surface area contributed by atoms with E-state index in [1.165, 1.54) is 54.7 Å². The lowest BCUT2D eigenvalue weighted by Gasteiger charge is -2.11. The molecule has 0 spiro atoms. The molecule has 0 radical (unpaired) electrons. The summed E-state index contributed by atoms with van der Waals surface area (Å²) in [6.07, 6.45) is 8.12. The first-order chi connectivity index (χ1) is 9.67. The molecule has 2 unspecified atom stereocenters. The second-order valence-corrected chi connectivity index (χ2v) is 7.26. The van der Waals surface area contributed by atoms with Crippen molar-refractivity contribution in [2.24, 2.45) is 5.92 Å². The molecule has 1 heteroatoms. The van der Waals surface area contributed by atoms with Crippen LogP contribution in [0.15, 0.2) is 29.2 Å². The zero-order valence-corrected chi connectivity index (χ0v) is 14.6. The maximum atomic E-state index is 2.39. The minimum Gasteiger partial charge on any atom is -0.126 e.